The summed E-state index contributed by atoms with van der Waals surface area (Å²) in [5.41, 5.74) is 0.0855. The lowest BCUT2D eigenvalue weighted by Crippen LogP contribution is -2.56. The molecule has 28 heavy (non-hydrogen) atoms. The molecule has 0 saturated carbocycles. The molecule has 8 heteroatoms. The third kappa shape index (κ3) is 3.32. The molecule has 1 aliphatic heterocycles. The van der Waals surface area contributed by atoms with Crippen molar-refractivity contribution in [2.24, 2.45) is 0 Å². The number of carbonyl (C=O) groups excluding carboxylic acids is 2. The highest BCUT2D eigenvalue weighted by atomic mass is 19.1. The molecule has 7 nitrogen and oxygen atoms in total. The summed E-state index contributed by atoms with van der Waals surface area (Å²) in [7, 11) is 0. The van der Waals surface area contributed by atoms with E-state index in [0.717, 1.165) is 5.56 Å². The molecule has 4 rings (SSSR count). The van der Waals surface area contributed by atoms with Crippen molar-refractivity contribution in [2.75, 3.05) is 10.6 Å². The van der Waals surface area contributed by atoms with Crippen LogP contribution in [-0.4, -0.2) is 27.2 Å². The van der Waals surface area contributed by atoms with Gasteiger partial charge in [0.1, 0.15) is 11.6 Å². The minimum atomic E-state index is -1.71. The van der Waals surface area contributed by atoms with Crippen molar-refractivity contribution in [2.45, 2.75) is 19.1 Å². The summed E-state index contributed by atoms with van der Waals surface area (Å²) >= 11 is 0. The van der Waals surface area contributed by atoms with E-state index in [2.05, 4.69) is 15.7 Å². The Bertz CT molecular complexity index is 1050. The molecule has 1 aliphatic rings. The lowest BCUT2D eigenvalue weighted by Gasteiger charge is -2.33. The van der Waals surface area contributed by atoms with Crippen LogP contribution in [0.25, 0.3) is 0 Å². The fourth-order valence-electron chi connectivity index (χ4n) is 2.86. The maximum absolute atomic E-state index is 13.0. The van der Waals surface area contributed by atoms with Crippen molar-refractivity contribution in [3.05, 3.63) is 72.3 Å². The summed E-state index contributed by atoms with van der Waals surface area (Å²) in [6.45, 7) is 1.83. The molecule has 2 heterocycles. The standard InChI is InChI=1S/C20H17FN4O3/c1-20(19(27)24-16-4-2-3-5-17(16)28-20)18(26)23-15-10-22-25(12-15)11-13-6-8-14(21)9-7-13/h2-10,12H,11H2,1H3,(H,23,26)(H,24,27). The van der Waals surface area contributed by atoms with Crippen LogP contribution in [0.5, 0.6) is 5.75 Å². The summed E-state index contributed by atoms with van der Waals surface area (Å²) in [5.74, 6) is -1.05. The van der Waals surface area contributed by atoms with E-state index < -0.39 is 17.4 Å². The molecule has 0 spiro atoms. The molecule has 1 aromatic heterocycles. The number of nitrogens with zero attached hydrogens (tertiary/aromatic N) is 2. The molecule has 1 atom stereocenters. The lowest BCUT2D eigenvalue weighted by molar-refractivity contribution is -0.143. The summed E-state index contributed by atoms with van der Waals surface area (Å²) in [6.07, 6.45) is 3.10. The number of ether oxygens (including phenoxy) is 1. The first-order valence-electron chi connectivity index (χ1n) is 8.62. The van der Waals surface area contributed by atoms with Gasteiger partial charge in [0.25, 0.3) is 17.4 Å². The highest BCUT2D eigenvalue weighted by molar-refractivity contribution is 6.18. The van der Waals surface area contributed by atoms with E-state index in [1.807, 2.05) is 0 Å². The molecule has 0 radical (unpaired) electrons. The maximum atomic E-state index is 13.0. The van der Waals surface area contributed by atoms with E-state index in [4.69, 9.17) is 4.74 Å². The number of fused-ring (bicyclic) bond motifs is 1. The van der Waals surface area contributed by atoms with Crippen LogP contribution >= 0.6 is 0 Å². The number of benzene rings is 2. The van der Waals surface area contributed by atoms with Gasteiger partial charge in [-0.15, -0.1) is 0 Å². The number of hydrogen-bond acceptors (Lipinski definition) is 4. The van der Waals surface area contributed by atoms with Crippen LogP contribution in [0.3, 0.4) is 0 Å². The van der Waals surface area contributed by atoms with Crippen LogP contribution in [-0.2, 0) is 16.1 Å². The number of carbonyl (C=O) groups is 2. The van der Waals surface area contributed by atoms with Gasteiger partial charge in [0, 0.05) is 6.20 Å². The molecule has 142 valence electrons. The Hall–Kier alpha value is -3.68. The highest BCUT2D eigenvalue weighted by Crippen LogP contribution is 2.33. The first kappa shape index (κ1) is 17.7. The number of aromatic nitrogens is 2. The molecule has 1 unspecified atom stereocenters. The van der Waals surface area contributed by atoms with Crippen LogP contribution in [0.4, 0.5) is 15.8 Å². The first-order valence-corrected chi connectivity index (χ1v) is 8.62. The number of nitrogens with one attached hydrogen (secondary N) is 2. The second-order valence-corrected chi connectivity index (χ2v) is 6.59. The normalized spacial score (nSPS) is 18.0. The van der Waals surface area contributed by atoms with E-state index in [-0.39, 0.29) is 5.82 Å². The Morgan fingerprint density at radius 3 is 2.79 bits per heavy atom. The lowest BCUT2D eigenvalue weighted by atomic mass is 10.0. The van der Waals surface area contributed by atoms with E-state index in [1.165, 1.54) is 25.3 Å². The average molecular weight is 380 g/mol. The zero-order chi connectivity index (χ0) is 19.7. The van der Waals surface area contributed by atoms with Gasteiger partial charge in [-0.1, -0.05) is 24.3 Å². The molecule has 0 aliphatic carbocycles. The first-order chi connectivity index (χ1) is 13.4. The van der Waals surface area contributed by atoms with Crippen molar-refractivity contribution in [1.29, 1.82) is 0 Å². The van der Waals surface area contributed by atoms with Crippen LogP contribution in [0.1, 0.15) is 12.5 Å². The Labute approximate surface area is 160 Å². The summed E-state index contributed by atoms with van der Waals surface area (Å²) in [6, 6.07) is 13.0. The van der Waals surface area contributed by atoms with Crippen LogP contribution in [0.2, 0.25) is 0 Å². The second kappa shape index (κ2) is 6.80. The fourth-order valence-corrected chi connectivity index (χ4v) is 2.86. The number of para-hydroxylation sites is 2. The monoisotopic (exact) mass is 380 g/mol. The van der Waals surface area contributed by atoms with Gasteiger partial charge in [-0.3, -0.25) is 14.3 Å². The van der Waals surface area contributed by atoms with Gasteiger partial charge >= 0.3 is 0 Å². The van der Waals surface area contributed by atoms with Gasteiger partial charge in [0.05, 0.1) is 24.1 Å². The largest absolute Gasteiger partial charge is 0.466 e. The summed E-state index contributed by atoms with van der Waals surface area (Å²) < 4.78 is 20.3. The zero-order valence-corrected chi connectivity index (χ0v) is 15.0. The molecular formula is C20H17FN4O3. The van der Waals surface area contributed by atoms with Crippen molar-refractivity contribution < 1.29 is 18.7 Å². The SMILES string of the molecule is CC1(C(=O)Nc2cnn(Cc3ccc(F)cc3)c2)Oc2ccccc2NC1=O. The van der Waals surface area contributed by atoms with E-state index >= 15 is 0 Å². The topological polar surface area (TPSA) is 85.2 Å². The molecule has 0 bridgehead atoms. The molecule has 2 N–H and O–H groups in total. The molecule has 0 saturated heterocycles. The van der Waals surface area contributed by atoms with Crippen molar-refractivity contribution in [3.63, 3.8) is 0 Å². The molecular weight excluding hydrogens is 363 g/mol. The minimum absolute atomic E-state index is 0.308. The molecule has 2 amide bonds. The summed E-state index contributed by atoms with van der Waals surface area (Å²) in [5, 5.41) is 9.52. The van der Waals surface area contributed by atoms with Gasteiger partial charge in [0.15, 0.2) is 0 Å². The van der Waals surface area contributed by atoms with Crippen LogP contribution in [0.15, 0.2) is 60.9 Å². The number of anilines is 2. The summed E-state index contributed by atoms with van der Waals surface area (Å²) in [4.78, 5) is 25.2. The predicted octanol–water partition coefficient (Wildman–Crippen LogP) is 2.80. The predicted molar refractivity (Wildman–Crippen MR) is 100 cm³/mol. The highest BCUT2D eigenvalue weighted by Gasteiger charge is 2.47. The Morgan fingerprint density at radius 2 is 2.00 bits per heavy atom. The quantitative estimate of drug-likeness (QED) is 0.682. The Morgan fingerprint density at radius 1 is 1.25 bits per heavy atom. The molecule has 2 aromatic carbocycles. The Balaban J connectivity index is 1.47. The third-order valence-electron chi connectivity index (χ3n) is 4.46. The maximum Gasteiger partial charge on any atom is 0.278 e. The number of halogens is 1. The van der Waals surface area contributed by atoms with Crippen molar-refractivity contribution in [3.8, 4) is 5.75 Å². The van der Waals surface area contributed by atoms with E-state index in [0.29, 0.717) is 23.7 Å². The fraction of sp³-hybridized carbons (Fsp3) is 0.150. The second-order valence-electron chi connectivity index (χ2n) is 6.59. The number of amides is 2. The number of rotatable bonds is 4. The Kier molecular flexibility index (Phi) is 4.31. The molecule has 3 aromatic rings. The zero-order valence-electron chi connectivity index (χ0n) is 15.0. The molecule has 0 fully saturated rings. The average Bonchev–Trinajstić information content (AvgIpc) is 3.11. The van der Waals surface area contributed by atoms with Gasteiger partial charge in [-0.05, 0) is 36.8 Å². The van der Waals surface area contributed by atoms with Crippen LogP contribution < -0.4 is 15.4 Å². The van der Waals surface area contributed by atoms with Crippen molar-refractivity contribution >= 4 is 23.2 Å². The van der Waals surface area contributed by atoms with Crippen LogP contribution in [0, 0.1) is 5.82 Å². The van der Waals surface area contributed by atoms with E-state index in [1.54, 1.807) is 47.3 Å². The number of hydrogen-bond donors (Lipinski definition) is 2. The van der Waals surface area contributed by atoms with Crippen molar-refractivity contribution in [1.82, 2.24) is 9.78 Å². The van der Waals surface area contributed by atoms with Gasteiger partial charge < -0.3 is 15.4 Å². The van der Waals surface area contributed by atoms with Gasteiger partial charge in [-0.25, -0.2) is 4.39 Å². The minimum Gasteiger partial charge on any atom is -0.466 e. The van der Waals surface area contributed by atoms with Gasteiger partial charge in [0.2, 0.25) is 0 Å². The smallest absolute Gasteiger partial charge is 0.278 e. The third-order valence-corrected chi connectivity index (χ3v) is 4.46. The van der Waals surface area contributed by atoms with E-state index in [9.17, 15) is 14.0 Å². The van der Waals surface area contributed by atoms with Gasteiger partial charge in [-0.2, -0.15) is 5.10 Å².